The van der Waals surface area contributed by atoms with E-state index in [0.29, 0.717) is 17.4 Å². The Hall–Kier alpha value is -3.26. The molecule has 0 radical (unpaired) electrons. The molecule has 8 heteroatoms. The van der Waals surface area contributed by atoms with Gasteiger partial charge >= 0.3 is 0 Å². The Labute approximate surface area is 158 Å². The maximum Gasteiger partial charge on any atom is 0.263 e. The van der Waals surface area contributed by atoms with Crippen molar-refractivity contribution in [3.05, 3.63) is 75.1 Å². The van der Waals surface area contributed by atoms with E-state index in [9.17, 15) is 14.4 Å². The van der Waals surface area contributed by atoms with Gasteiger partial charge in [-0.3, -0.25) is 19.7 Å². The third-order valence-corrected chi connectivity index (χ3v) is 5.16. The molecule has 3 aromatic rings. The first-order valence-corrected chi connectivity index (χ1v) is 9.31. The van der Waals surface area contributed by atoms with Gasteiger partial charge in [0, 0.05) is 23.8 Å². The van der Waals surface area contributed by atoms with E-state index in [2.05, 4.69) is 15.3 Å². The molecule has 0 fully saturated rings. The van der Waals surface area contributed by atoms with Gasteiger partial charge in [-0.1, -0.05) is 18.2 Å². The van der Waals surface area contributed by atoms with Crippen molar-refractivity contribution in [3.63, 3.8) is 0 Å². The number of thiazole rings is 1. The lowest BCUT2D eigenvalue weighted by molar-refractivity contribution is -0.117. The predicted molar refractivity (Wildman–Crippen MR) is 103 cm³/mol. The van der Waals surface area contributed by atoms with Crippen molar-refractivity contribution in [1.29, 1.82) is 0 Å². The van der Waals surface area contributed by atoms with Crippen LogP contribution in [-0.2, 0) is 17.6 Å². The van der Waals surface area contributed by atoms with Crippen LogP contribution in [0.3, 0.4) is 0 Å². The van der Waals surface area contributed by atoms with Crippen LogP contribution in [0.5, 0.6) is 0 Å². The van der Waals surface area contributed by atoms with Crippen LogP contribution in [0.15, 0.2) is 52.8 Å². The van der Waals surface area contributed by atoms with Gasteiger partial charge in [0.15, 0.2) is 5.13 Å². The molecule has 4 rings (SSSR count). The molecule has 1 aromatic carbocycles. The van der Waals surface area contributed by atoms with Gasteiger partial charge < -0.3 is 9.88 Å². The molecule has 2 aromatic heterocycles. The number of anilines is 2. The molecular weight excluding hydrogens is 364 g/mol. The molecule has 0 saturated carbocycles. The molecule has 0 aliphatic carbocycles. The first-order chi connectivity index (χ1) is 13.1. The van der Waals surface area contributed by atoms with Crippen LogP contribution in [0.2, 0.25) is 0 Å². The zero-order chi connectivity index (χ0) is 18.8. The molecule has 7 nitrogen and oxygen atoms in total. The lowest BCUT2D eigenvalue weighted by Gasteiger charge is -2.16. The largest absolute Gasteiger partial charge is 0.328 e. The highest BCUT2D eigenvalue weighted by Crippen LogP contribution is 2.28. The third kappa shape index (κ3) is 3.52. The molecule has 3 heterocycles. The number of nitrogens with zero attached hydrogens (tertiary/aromatic N) is 2. The summed E-state index contributed by atoms with van der Waals surface area (Å²) in [4.78, 5) is 45.0. The van der Waals surface area contributed by atoms with Crippen molar-refractivity contribution in [2.24, 2.45) is 0 Å². The van der Waals surface area contributed by atoms with Gasteiger partial charge in [-0.25, -0.2) is 4.98 Å². The summed E-state index contributed by atoms with van der Waals surface area (Å²) < 4.78 is 0. The van der Waals surface area contributed by atoms with Crippen LogP contribution in [0.25, 0.3) is 0 Å². The lowest BCUT2D eigenvalue weighted by atomic mass is 10.2. The van der Waals surface area contributed by atoms with Crippen molar-refractivity contribution in [3.8, 4) is 0 Å². The van der Waals surface area contributed by atoms with Gasteiger partial charge in [-0.2, -0.15) is 0 Å². The quantitative estimate of drug-likeness (QED) is 0.725. The smallest absolute Gasteiger partial charge is 0.263 e. The fourth-order valence-electron chi connectivity index (χ4n) is 3.06. The number of para-hydroxylation sites is 1. The van der Waals surface area contributed by atoms with Gasteiger partial charge in [-0.15, -0.1) is 11.3 Å². The third-order valence-electron chi connectivity index (χ3n) is 4.36. The molecule has 0 spiro atoms. The normalized spacial score (nSPS) is 12.7. The van der Waals surface area contributed by atoms with Crippen LogP contribution >= 0.6 is 11.3 Å². The van der Waals surface area contributed by atoms with Crippen molar-refractivity contribution in [2.45, 2.75) is 12.8 Å². The minimum Gasteiger partial charge on any atom is -0.328 e. The zero-order valence-electron chi connectivity index (χ0n) is 14.3. The Morgan fingerprint density at radius 3 is 2.93 bits per heavy atom. The van der Waals surface area contributed by atoms with E-state index in [1.165, 1.54) is 29.2 Å². The summed E-state index contributed by atoms with van der Waals surface area (Å²) >= 11 is 1.22. The van der Waals surface area contributed by atoms with E-state index in [1.54, 1.807) is 16.3 Å². The summed E-state index contributed by atoms with van der Waals surface area (Å²) in [6.45, 7) is 0.669. The first-order valence-electron chi connectivity index (χ1n) is 8.43. The Bertz CT molecular complexity index is 1070. The average Bonchev–Trinajstić information content (AvgIpc) is 3.28. The van der Waals surface area contributed by atoms with Crippen LogP contribution in [0.4, 0.5) is 10.8 Å². The first kappa shape index (κ1) is 17.2. The number of H-pyrrole nitrogens is 1. The summed E-state index contributed by atoms with van der Waals surface area (Å²) in [5, 5.41) is 4.70. The SMILES string of the molecule is O=C(Nc1nc(CC(=O)N2CCc3ccccc32)cs1)c1ccc[nH]c1=O. The number of pyridine rings is 1. The van der Waals surface area contributed by atoms with Gasteiger partial charge in [0.2, 0.25) is 5.91 Å². The van der Waals surface area contributed by atoms with Crippen molar-refractivity contribution < 1.29 is 9.59 Å². The van der Waals surface area contributed by atoms with E-state index in [1.807, 2.05) is 24.3 Å². The highest BCUT2D eigenvalue weighted by Gasteiger charge is 2.24. The number of benzene rings is 1. The number of carbonyl (C=O) groups excluding carboxylic acids is 2. The van der Waals surface area contributed by atoms with Crippen LogP contribution < -0.4 is 15.8 Å². The summed E-state index contributed by atoms with van der Waals surface area (Å²) in [5.41, 5.74) is 2.26. The number of nitrogens with one attached hydrogen (secondary N) is 2. The van der Waals surface area contributed by atoms with E-state index in [0.717, 1.165) is 12.1 Å². The Morgan fingerprint density at radius 1 is 1.22 bits per heavy atom. The minimum atomic E-state index is -0.530. The van der Waals surface area contributed by atoms with Crippen LogP contribution in [-0.4, -0.2) is 28.3 Å². The number of fused-ring (bicyclic) bond motifs is 1. The molecule has 1 aliphatic heterocycles. The maximum absolute atomic E-state index is 12.6. The van der Waals surface area contributed by atoms with Crippen molar-refractivity contribution in [1.82, 2.24) is 9.97 Å². The van der Waals surface area contributed by atoms with E-state index < -0.39 is 11.5 Å². The Balaban J connectivity index is 1.43. The number of rotatable bonds is 4. The number of carbonyl (C=O) groups is 2. The maximum atomic E-state index is 12.6. The molecule has 0 unspecified atom stereocenters. The fourth-order valence-corrected chi connectivity index (χ4v) is 3.76. The number of hydrogen-bond donors (Lipinski definition) is 2. The zero-order valence-corrected chi connectivity index (χ0v) is 15.1. The second-order valence-electron chi connectivity index (χ2n) is 6.11. The standard InChI is InChI=1S/C19H16N4O3S/c24-16(23-9-7-12-4-1-2-6-15(12)23)10-13-11-27-19(21-13)22-18(26)14-5-3-8-20-17(14)25/h1-6,8,11H,7,9-10H2,(H,20,25)(H,21,22,26). The summed E-state index contributed by atoms with van der Waals surface area (Å²) in [5.74, 6) is -0.555. The highest BCUT2D eigenvalue weighted by atomic mass is 32.1. The molecule has 2 N–H and O–H groups in total. The molecule has 136 valence electrons. The summed E-state index contributed by atoms with van der Waals surface area (Å²) in [6, 6.07) is 10.9. The summed E-state index contributed by atoms with van der Waals surface area (Å²) in [7, 11) is 0. The predicted octanol–water partition coefficient (Wildman–Crippen LogP) is 2.22. The number of amides is 2. The fraction of sp³-hybridized carbons (Fsp3) is 0.158. The molecule has 1 aliphatic rings. The highest BCUT2D eigenvalue weighted by molar-refractivity contribution is 7.14. The summed E-state index contributed by atoms with van der Waals surface area (Å²) in [6.07, 6.45) is 2.47. The van der Waals surface area contributed by atoms with E-state index >= 15 is 0 Å². The van der Waals surface area contributed by atoms with Gasteiger partial charge in [-0.05, 0) is 30.2 Å². The van der Waals surface area contributed by atoms with Gasteiger partial charge in [0.25, 0.3) is 11.5 Å². The Kier molecular flexibility index (Phi) is 4.55. The molecule has 27 heavy (non-hydrogen) atoms. The molecular formula is C19H16N4O3S. The minimum absolute atomic E-state index is 0.0130. The molecule has 2 amide bonds. The van der Waals surface area contributed by atoms with Crippen molar-refractivity contribution in [2.75, 3.05) is 16.8 Å². The topological polar surface area (TPSA) is 95.2 Å². The van der Waals surface area contributed by atoms with Crippen LogP contribution in [0, 0.1) is 0 Å². The second-order valence-corrected chi connectivity index (χ2v) is 6.97. The van der Waals surface area contributed by atoms with E-state index in [-0.39, 0.29) is 17.9 Å². The lowest BCUT2D eigenvalue weighted by Crippen LogP contribution is -2.30. The Morgan fingerprint density at radius 2 is 2.07 bits per heavy atom. The molecule has 0 saturated heterocycles. The second kappa shape index (κ2) is 7.16. The number of hydrogen-bond acceptors (Lipinski definition) is 5. The van der Waals surface area contributed by atoms with E-state index in [4.69, 9.17) is 0 Å². The number of aromatic nitrogens is 2. The van der Waals surface area contributed by atoms with Crippen molar-refractivity contribution >= 4 is 34.0 Å². The average molecular weight is 380 g/mol. The number of aromatic amines is 1. The van der Waals surface area contributed by atoms with Gasteiger partial charge in [0.05, 0.1) is 12.1 Å². The monoisotopic (exact) mass is 380 g/mol. The molecule has 0 atom stereocenters. The van der Waals surface area contributed by atoms with Gasteiger partial charge in [0.1, 0.15) is 5.56 Å². The molecule has 0 bridgehead atoms. The van der Waals surface area contributed by atoms with Crippen LogP contribution in [0.1, 0.15) is 21.6 Å².